The Balaban J connectivity index is 3.41. The summed E-state index contributed by atoms with van der Waals surface area (Å²) in [5, 5.41) is -0.0860. The standard InChI is InChI=1S/C19H27ClN2O6S/c1-9-11(14(23)26-10-2)12-13(20)29-15(21-12)22(16(24)27-18(3,4)5)17(25)28-19(6,7)8/h9H,10H2,1-8H3. The number of halogens is 1. The Kier molecular flexibility index (Phi) is 8.23. The lowest BCUT2D eigenvalue weighted by molar-refractivity contribution is -0.136. The average molecular weight is 447 g/mol. The largest absolute Gasteiger partial charge is 0.462 e. The van der Waals surface area contributed by atoms with Crippen molar-refractivity contribution in [1.82, 2.24) is 4.98 Å². The van der Waals surface area contributed by atoms with Crippen molar-refractivity contribution in [3.63, 3.8) is 0 Å². The Morgan fingerprint density at radius 3 is 1.93 bits per heavy atom. The molecule has 0 atom stereocenters. The number of carbonyl (C=O) groups excluding carboxylic acids is 3. The molecular formula is C19H27ClN2O6S. The van der Waals surface area contributed by atoms with E-state index in [9.17, 15) is 14.4 Å². The van der Waals surface area contributed by atoms with Crippen LogP contribution in [0.25, 0.3) is 5.57 Å². The minimum absolute atomic E-state index is 0.0860. The fraction of sp³-hybridized carbons (Fsp3) is 0.579. The zero-order chi connectivity index (χ0) is 22.6. The summed E-state index contributed by atoms with van der Waals surface area (Å²) in [5.41, 5.74) is -1.50. The van der Waals surface area contributed by atoms with Gasteiger partial charge in [0, 0.05) is 0 Å². The number of allylic oxidation sites excluding steroid dienone is 1. The Bertz CT molecular complexity index is 777. The van der Waals surface area contributed by atoms with Gasteiger partial charge in [0.05, 0.1) is 12.2 Å². The number of rotatable bonds is 4. The predicted molar refractivity (Wildman–Crippen MR) is 112 cm³/mol. The number of imide groups is 1. The summed E-state index contributed by atoms with van der Waals surface area (Å²) < 4.78 is 15.7. The second-order valence-electron chi connectivity index (χ2n) is 7.84. The number of aromatic nitrogens is 1. The minimum atomic E-state index is -0.970. The molecule has 0 N–H and O–H groups in total. The lowest BCUT2D eigenvalue weighted by atomic mass is 10.2. The van der Waals surface area contributed by atoms with Crippen molar-refractivity contribution in [2.75, 3.05) is 11.5 Å². The first-order valence-corrected chi connectivity index (χ1v) is 10.2. The predicted octanol–water partition coefficient (Wildman–Crippen LogP) is 5.44. The molecule has 0 aromatic carbocycles. The molecule has 10 heteroatoms. The molecule has 1 heterocycles. The molecule has 0 aliphatic carbocycles. The zero-order valence-electron chi connectivity index (χ0n) is 17.9. The molecule has 0 saturated heterocycles. The molecule has 2 amide bonds. The van der Waals surface area contributed by atoms with Crippen LogP contribution in [0.1, 0.15) is 61.1 Å². The van der Waals surface area contributed by atoms with Crippen LogP contribution in [0.3, 0.4) is 0 Å². The number of esters is 1. The summed E-state index contributed by atoms with van der Waals surface area (Å²) in [4.78, 5) is 42.5. The van der Waals surface area contributed by atoms with Crippen LogP contribution in [0.4, 0.5) is 14.7 Å². The summed E-state index contributed by atoms with van der Waals surface area (Å²) >= 11 is 7.10. The van der Waals surface area contributed by atoms with Crippen molar-refractivity contribution in [3.05, 3.63) is 16.1 Å². The van der Waals surface area contributed by atoms with Crippen molar-refractivity contribution < 1.29 is 28.6 Å². The molecule has 29 heavy (non-hydrogen) atoms. The molecule has 0 bridgehead atoms. The molecule has 1 rings (SSSR count). The molecular weight excluding hydrogens is 420 g/mol. The molecule has 8 nitrogen and oxygen atoms in total. The van der Waals surface area contributed by atoms with Gasteiger partial charge in [0.15, 0.2) is 0 Å². The summed E-state index contributed by atoms with van der Waals surface area (Å²) in [7, 11) is 0. The van der Waals surface area contributed by atoms with E-state index in [-0.39, 0.29) is 27.3 Å². The first-order chi connectivity index (χ1) is 13.2. The zero-order valence-corrected chi connectivity index (χ0v) is 19.5. The van der Waals surface area contributed by atoms with Gasteiger partial charge in [0.1, 0.15) is 21.2 Å². The minimum Gasteiger partial charge on any atom is -0.462 e. The van der Waals surface area contributed by atoms with Gasteiger partial charge in [-0.3, -0.25) is 0 Å². The van der Waals surface area contributed by atoms with Crippen LogP contribution in [-0.2, 0) is 19.0 Å². The third-order valence-corrected chi connectivity index (χ3v) is 4.20. The van der Waals surface area contributed by atoms with Gasteiger partial charge in [-0.2, -0.15) is 4.90 Å². The number of anilines is 1. The molecule has 0 fully saturated rings. The molecule has 0 saturated carbocycles. The fourth-order valence-electron chi connectivity index (χ4n) is 1.96. The van der Waals surface area contributed by atoms with Crippen molar-refractivity contribution in [2.45, 2.75) is 66.6 Å². The van der Waals surface area contributed by atoms with Gasteiger partial charge in [-0.1, -0.05) is 29.0 Å². The lowest BCUT2D eigenvalue weighted by Gasteiger charge is -2.27. The number of amides is 2. The molecule has 0 spiro atoms. The maximum absolute atomic E-state index is 12.7. The van der Waals surface area contributed by atoms with E-state index in [0.717, 1.165) is 11.3 Å². The number of hydrogen-bond acceptors (Lipinski definition) is 8. The summed E-state index contributed by atoms with van der Waals surface area (Å²) in [6.07, 6.45) is -0.447. The van der Waals surface area contributed by atoms with Crippen LogP contribution in [0.5, 0.6) is 0 Å². The Hall–Kier alpha value is -2.13. The smallest absolute Gasteiger partial charge is 0.426 e. The molecule has 1 aromatic heterocycles. The van der Waals surface area contributed by atoms with E-state index in [1.165, 1.54) is 6.08 Å². The quantitative estimate of drug-likeness (QED) is 0.345. The maximum atomic E-state index is 12.7. The second kappa shape index (κ2) is 9.58. The van der Waals surface area contributed by atoms with Gasteiger partial charge in [-0.15, -0.1) is 0 Å². The third kappa shape index (κ3) is 7.32. The fourth-order valence-corrected chi connectivity index (χ4v) is 3.10. The molecule has 0 radical (unpaired) electrons. The van der Waals surface area contributed by atoms with Gasteiger partial charge in [0.2, 0.25) is 5.13 Å². The monoisotopic (exact) mass is 446 g/mol. The lowest BCUT2D eigenvalue weighted by Crippen LogP contribution is -2.43. The number of ether oxygens (including phenoxy) is 3. The normalized spacial score (nSPS) is 12.4. The van der Waals surface area contributed by atoms with Gasteiger partial charge in [-0.05, 0) is 55.4 Å². The van der Waals surface area contributed by atoms with Crippen molar-refractivity contribution >= 4 is 51.8 Å². The Morgan fingerprint density at radius 2 is 1.55 bits per heavy atom. The van der Waals surface area contributed by atoms with Crippen LogP contribution in [0.15, 0.2) is 6.08 Å². The van der Waals surface area contributed by atoms with E-state index in [0.29, 0.717) is 4.90 Å². The van der Waals surface area contributed by atoms with Crippen molar-refractivity contribution in [3.8, 4) is 0 Å². The van der Waals surface area contributed by atoms with Gasteiger partial charge >= 0.3 is 18.2 Å². The highest BCUT2D eigenvalue weighted by Crippen LogP contribution is 2.36. The van der Waals surface area contributed by atoms with Gasteiger partial charge in [-0.25, -0.2) is 19.4 Å². The van der Waals surface area contributed by atoms with Crippen LogP contribution in [-0.4, -0.2) is 40.9 Å². The van der Waals surface area contributed by atoms with E-state index in [2.05, 4.69) is 4.98 Å². The highest BCUT2D eigenvalue weighted by molar-refractivity contribution is 7.20. The van der Waals surface area contributed by atoms with Crippen molar-refractivity contribution in [2.24, 2.45) is 0 Å². The van der Waals surface area contributed by atoms with Crippen LogP contribution < -0.4 is 4.90 Å². The first-order valence-electron chi connectivity index (χ1n) is 8.96. The molecule has 1 aromatic rings. The molecule has 0 aliphatic heterocycles. The van der Waals surface area contributed by atoms with E-state index in [1.54, 1.807) is 55.4 Å². The second-order valence-corrected chi connectivity index (χ2v) is 9.42. The third-order valence-electron chi connectivity index (χ3n) is 2.96. The van der Waals surface area contributed by atoms with Crippen LogP contribution in [0.2, 0.25) is 4.34 Å². The van der Waals surface area contributed by atoms with Crippen LogP contribution in [0, 0.1) is 0 Å². The van der Waals surface area contributed by atoms with E-state index in [1.807, 2.05) is 0 Å². The topological polar surface area (TPSA) is 95.0 Å². The number of hydrogen-bond donors (Lipinski definition) is 0. The number of thiazole rings is 1. The van der Waals surface area contributed by atoms with Crippen LogP contribution >= 0.6 is 22.9 Å². The van der Waals surface area contributed by atoms with E-state index >= 15 is 0 Å². The number of carbonyl (C=O) groups is 3. The Morgan fingerprint density at radius 1 is 1.07 bits per heavy atom. The summed E-state index contributed by atoms with van der Waals surface area (Å²) in [5.74, 6) is -0.616. The van der Waals surface area contributed by atoms with E-state index < -0.39 is 29.4 Å². The van der Waals surface area contributed by atoms with Crippen molar-refractivity contribution in [1.29, 1.82) is 0 Å². The van der Waals surface area contributed by atoms with E-state index in [4.69, 9.17) is 25.8 Å². The average Bonchev–Trinajstić information content (AvgIpc) is 2.86. The first kappa shape index (κ1) is 24.9. The van der Waals surface area contributed by atoms with Gasteiger partial charge in [0.25, 0.3) is 0 Å². The number of nitrogens with zero attached hydrogens (tertiary/aromatic N) is 2. The molecule has 162 valence electrons. The summed E-state index contributed by atoms with van der Waals surface area (Å²) in [6, 6.07) is 0. The highest BCUT2D eigenvalue weighted by atomic mass is 35.5. The maximum Gasteiger partial charge on any atom is 0.426 e. The highest BCUT2D eigenvalue weighted by Gasteiger charge is 2.36. The Labute approximate surface area is 179 Å². The molecule has 0 aliphatic rings. The summed E-state index contributed by atoms with van der Waals surface area (Å²) in [6.45, 7) is 13.5. The SMILES string of the molecule is CC=C(C(=O)OCC)c1nc(N(C(=O)OC(C)(C)C)C(=O)OC(C)(C)C)sc1Cl. The van der Waals surface area contributed by atoms with Gasteiger partial charge < -0.3 is 14.2 Å². The molecule has 0 unspecified atom stereocenters.